The fourth-order valence-electron chi connectivity index (χ4n) is 3.10. The number of nitrogens with zero attached hydrogens (tertiary/aromatic N) is 3. The second-order valence-electron chi connectivity index (χ2n) is 6.71. The maximum atomic E-state index is 13.8. The Morgan fingerprint density at radius 2 is 2.07 bits per heavy atom. The third-order valence-corrected chi connectivity index (χ3v) is 4.65. The monoisotopic (exact) mass is 368 g/mol. The smallest absolute Gasteiger partial charge is 0.330 e. The van der Waals surface area contributed by atoms with Gasteiger partial charge >= 0.3 is 5.69 Å². The van der Waals surface area contributed by atoms with Gasteiger partial charge in [-0.2, -0.15) is 0 Å². The van der Waals surface area contributed by atoms with Gasteiger partial charge in [-0.15, -0.1) is 0 Å². The molecule has 1 amide bonds. The highest BCUT2D eigenvalue weighted by atomic mass is 19.1. The van der Waals surface area contributed by atoms with Crippen LogP contribution in [0.3, 0.4) is 0 Å². The van der Waals surface area contributed by atoms with Crippen LogP contribution in [0.25, 0.3) is 11.0 Å². The summed E-state index contributed by atoms with van der Waals surface area (Å²) in [6, 6.07) is 7.69. The Labute approximate surface area is 153 Å². The average molecular weight is 368 g/mol. The highest BCUT2D eigenvalue weighted by Crippen LogP contribution is 2.34. The number of aromatic nitrogens is 3. The molecule has 0 bridgehead atoms. The first-order valence-corrected chi connectivity index (χ1v) is 8.59. The van der Waals surface area contributed by atoms with Gasteiger partial charge in [0.15, 0.2) is 0 Å². The van der Waals surface area contributed by atoms with E-state index in [1.54, 1.807) is 25.2 Å². The van der Waals surface area contributed by atoms with Gasteiger partial charge in [0.1, 0.15) is 11.5 Å². The number of carbonyl (C=O) groups excluding carboxylic acids is 1. The Hall–Kier alpha value is -3.29. The predicted octanol–water partition coefficient (Wildman–Crippen LogP) is 1.83. The van der Waals surface area contributed by atoms with Crippen LogP contribution in [0.2, 0.25) is 0 Å². The van der Waals surface area contributed by atoms with E-state index in [9.17, 15) is 18.8 Å². The first kappa shape index (κ1) is 17.1. The third-order valence-electron chi connectivity index (χ3n) is 4.65. The Morgan fingerprint density at radius 1 is 1.33 bits per heavy atom. The first-order valence-electron chi connectivity index (χ1n) is 8.59. The largest absolute Gasteiger partial charge is 0.337 e. The summed E-state index contributed by atoms with van der Waals surface area (Å²) >= 11 is 0. The zero-order valence-corrected chi connectivity index (χ0v) is 14.6. The standard InChI is InChI=1S/C19H17FN4O3/c1-23(10-11-4-2-3-5-15(11)20)18(26)12-8-14-16(21-9-12)24(13-6-7-13)19(27)22-17(14)25/h2-5,8-9,13H,6-7,10H2,1H3,(H,22,25,27). The fourth-order valence-corrected chi connectivity index (χ4v) is 3.10. The van der Waals surface area contributed by atoms with Crippen molar-refractivity contribution in [2.24, 2.45) is 0 Å². The number of hydrogen-bond donors (Lipinski definition) is 1. The summed E-state index contributed by atoms with van der Waals surface area (Å²) in [5.41, 5.74) is -0.195. The van der Waals surface area contributed by atoms with E-state index >= 15 is 0 Å². The molecule has 1 saturated carbocycles. The third kappa shape index (κ3) is 3.14. The second kappa shape index (κ2) is 6.46. The molecule has 2 heterocycles. The number of nitrogens with one attached hydrogen (secondary N) is 1. The number of halogens is 1. The van der Waals surface area contributed by atoms with Gasteiger partial charge in [0.25, 0.3) is 11.5 Å². The lowest BCUT2D eigenvalue weighted by molar-refractivity contribution is 0.0783. The van der Waals surface area contributed by atoms with Crippen LogP contribution < -0.4 is 11.2 Å². The Morgan fingerprint density at radius 3 is 2.78 bits per heavy atom. The molecule has 0 aliphatic heterocycles. The van der Waals surface area contributed by atoms with E-state index in [4.69, 9.17) is 0 Å². The average Bonchev–Trinajstić information content (AvgIpc) is 3.47. The summed E-state index contributed by atoms with van der Waals surface area (Å²) < 4.78 is 15.3. The maximum Gasteiger partial charge on any atom is 0.330 e. The van der Waals surface area contributed by atoms with E-state index in [2.05, 4.69) is 9.97 Å². The fraction of sp³-hybridized carbons (Fsp3) is 0.263. The van der Waals surface area contributed by atoms with Crippen molar-refractivity contribution < 1.29 is 9.18 Å². The van der Waals surface area contributed by atoms with Crippen molar-refractivity contribution in [3.8, 4) is 0 Å². The van der Waals surface area contributed by atoms with E-state index < -0.39 is 23.0 Å². The van der Waals surface area contributed by atoms with Crippen LogP contribution in [-0.4, -0.2) is 32.4 Å². The number of carbonyl (C=O) groups is 1. The van der Waals surface area contributed by atoms with Crippen LogP contribution in [0, 0.1) is 5.82 Å². The summed E-state index contributed by atoms with van der Waals surface area (Å²) in [6.07, 6.45) is 3.06. The molecule has 8 heteroatoms. The lowest BCUT2D eigenvalue weighted by Crippen LogP contribution is -2.31. The summed E-state index contributed by atoms with van der Waals surface area (Å²) in [7, 11) is 1.55. The van der Waals surface area contributed by atoms with Gasteiger partial charge < -0.3 is 4.90 Å². The molecule has 1 aromatic carbocycles. The normalized spacial score (nSPS) is 13.7. The molecule has 1 aliphatic rings. The molecule has 1 N–H and O–H groups in total. The molecule has 1 aliphatic carbocycles. The molecule has 0 radical (unpaired) electrons. The number of benzene rings is 1. The molecule has 138 valence electrons. The topological polar surface area (TPSA) is 88.1 Å². The lowest BCUT2D eigenvalue weighted by Gasteiger charge is -2.18. The number of hydrogen-bond acceptors (Lipinski definition) is 4. The van der Waals surface area contributed by atoms with Crippen LogP contribution in [0.15, 0.2) is 46.1 Å². The Kier molecular flexibility index (Phi) is 4.10. The van der Waals surface area contributed by atoms with Crippen molar-refractivity contribution in [1.29, 1.82) is 0 Å². The van der Waals surface area contributed by atoms with Crippen LogP contribution in [0.1, 0.15) is 34.8 Å². The zero-order valence-electron chi connectivity index (χ0n) is 14.6. The van der Waals surface area contributed by atoms with Gasteiger partial charge in [-0.25, -0.2) is 14.2 Å². The number of H-pyrrole nitrogens is 1. The number of amides is 1. The molecular weight excluding hydrogens is 351 g/mol. The molecule has 2 aromatic heterocycles. The van der Waals surface area contributed by atoms with Gasteiger partial charge in [0, 0.05) is 31.4 Å². The molecule has 7 nitrogen and oxygen atoms in total. The van der Waals surface area contributed by atoms with Crippen molar-refractivity contribution in [3.63, 3.8) is 0 Å². The van der Waals surface area contributed by atoms with Gasteiger partial charge in [0.05, 0.1) is 10.9 Å². The quantitative estimate of drug-likeness (QED) is 0.761. The van der Waals surface area contributed by atoms with Gasteiger partial charge in [-0.1, -0.05) is 18.2 Å². The number of pyridine rings is 1. The molecule has 0 spiro atoms. The molecule has 0 atom stereocenters. The molecule has 1 fully saturated rings. The van der Waals surface area contributed by atoms with Crippen LogP contribution in [-0.2, 0) is 6.54 Å². The number of aromatic amines is 1. The van der Waals surface area contributed by atoms with E-state index in [1.165, 1.54) is 27.8 Å². The minimum Gasteiger partial charge on any atom is -0.337 e. The molecule has 0 saturated heterocycles. The highest BCUT2D eigenvalue weighted by molar-refractivity contribution is 5.96. The first-order chi connectivity index (χ1) is 13.0. The van der Waals surface area contributed by atoms with Crippen molar-refractivity contribution in [3.05, 3.63) is 74.3 Å². The van der Waals surface area contributed by atoms with E-state index in [0.717, 1.165) is 12.8 Å². The van der Waals surface area contributed by atoms with E-state index in [0.29, 0.717) is 5.56 Å². The zero-order chi connectivity index (χ0) is 19.1. The summed E-state index contributed by atoms with van der Waals surface area (Å²) in [5.74, 6) is -0.782. The van der Waals surface area contributed by atoms with Gasteiger partial charge in [-0.3, -0.25) is 19.1 Å². The lowest BCUT2D eigenvalue weighted by atomic mass is 10.1. The van der Waals surface area contributed by atoms with E-state index in [1.807, 2.05) is 0 Å². The minimum atomic E-state index is -0.578. The van der Waals surface area contributed by atoms with Crippen molar-refractivity contribution in [2.75, 3.05) is 7.05 Å². The highest BCUT2D eigenvalue weighted by Gasteiger charge is 2.28. The summed E-state index contributed by atoms with van der Waals surface area (Å²) in [6.45, 7) is 0.0848. The molecule has 3 aromatic rings. The number of rotatable bonds is 4. The van der Waals surface area contributed by atoms with Crippen molar-refractivity contribution in [2.45, 2.75) is 25.4 Å². The van der Waals surface area contributed by atoms with Gasteiger partial charge in [-0.05, 0) is 25.0 Å². The number of fused-ring (bicyclic) bond motifs is 1. The molecular formula is C19H17FN4O3. The SMILES string of the molecule is CN(Cc1ccccc1F)C(=O)c1cnc2c(c1)c(=O)[nH]c(=O)n2C1CC1. The van der Waals surface area contributed by atoms with Crippen LogP contribution >= 0.6 is 0 Å². The maximum absolute atomic E-state index is 13.8. The summed E-state index contributed by atoms with van der Waals surface area (Å²) in [5, 5.41) is 0.187. The molecule has 0 unspecified atom stereocenters. The van der Waals surface area contributed by atoms with Crippen molar-refractivity contribution >= 4 is 16.9 Å². The van der Waals surface area contributed by atoms with Crippen LogP contribution in [0.5, 0.6) is 0 Å². The summed E-state index contributed by atoms with van der Waals surface area (Å²) in [4.78, 5) is 44.8. The minimum absolute atomic E-state index is 0.0367. The second-order valence-corrected chi connectivity index (χ2v) is 6.71. The molecule has 27 heavy (non-hydrogen) atoms. The van der Waals surface area contributed by atoms with Gasteiger partial charge in [0.2, 0.25) is 0 Å². The predicted molar refractivity (Wildman–Crippen MR) is 97.1 cm³/mol. The molecule has 4 rings (SSSR count). The van der Waals surface area contributed by atoms with E-state index in [-0.39, 0.29) is 29.2 Å². The van der Waals surface area contributed by atoms with Crippen LogP contribution in [0.4, 0.5) is 4.39 Å². The Bertz CT molecular complexity index is 1160. The van der Waals surface area contributed by atoms with Crippen molar-refractivity contribution in [1.82, 2.24) is 19.4 Å². The Balaban J connectivity index is 1.69.